The van der Waals surface area contributed by atoms with E-state index in [0.29, 0.717) is 31.8 Å². The highest BCUT2D eigenvalue weighted by atomic mass is 32.1. The summed E-state index contributed by atoms with van der Waals surface area (Å²) in [4.78, 5) is 32.3. The number of fused-ring (bicyclic) bond motifs is 1. The van der Waals surface area contributed by atoms with Gasteiger partial charge < -0.3 is 9.72 Å². The molecule has 2 aromatic heterocycles. The Labute approximate surface area is 141 Å². The molecule has 0 spiro atoms. The van der Waals surface area contributed by atoms with Crippen LogP contribution >= 0.6 is 11.3 Å². The van der Waals surface area contributed by atoms with Crippen molar-refractivity contribution in [1.82, 2.24) is 9.97 Å². The molecule has 3 aromatic rings. The number of aromatic nitrogens is 2. The van der Waals surface area contributed by atoms with E-state index < -0.39 is 11.5 Å². The van der Waals surface area contributed by atoms with Gasteiger partial charge in [0.15, 0.2) is 0 Å². The van der Waals surface area contributed by atoms with Crippen LogP contribution in [0.5, 0.6) is 0 Å². The molecule has 24 heavy (non-hydrogen) atoms. The summed E-state index contributed by atoms with van der Waals surface area (Å²) in [6, 6.07) is 4.64. The zero-order valence-corrected chi connectivity index (χ0v) is 14.2. The molecule has 5 nitrogen and oxygen atoms in total. The number of thiophene rings is 1. The number of H-pyrrole nitrogens is 1. The Morgan fingerprint density at radius 3 is 2.79 bits per heavy atom. The molecule has 0 bridgehead atoms. The zero-order chi connectivity index (χ0) is 17.4. The first-order valence-corrected chi connectivity index (χ1v) is 8.21. The number of aryl methyl sites for hydroxylation is 2. The summed E-state index contributed by atoms with van der Waals surface area (Å²) >= 11 is 1.14. The van der Waals surface area contributed by atoms with E-state index in [1.807, 2.05) is 0 Å². The summed E-state index contributed by atoms with van der Waals surface area (Å²) in [6.45, 7) is 5.32. The van der Waals surface area contributed by atoms with Crippen molar-refractivity contribution < 1.29 is 13.9 Å². The number of nitrogens with zero attached hydrogens (tertiary/aromatic N) is 1. The maximum absolute atomic E-state index is 13.8. The second-order valence-electron chi connectivity index (χ2n) is 5.34. The number of nitrogens with one attached hydrogen (secondary N) is 1. The first kappa shape index (κ1) is 16.3. The molecular weight excluding hydrogens is 331 g/mol. The predicted octanol–water partition coefficient (Wildman–Crippen LogP) is 3.58. The maximum atomic E-state index is 13.8. The van der Waals surface area contributed by atoms with Gasteiger partial charge in [-0.25, -0.2) is 9.18 Å². The quantitative estimate of drug-likeness (QED) is 0.736. The molecule has 0 atom stereocenters. The topological polar surface area (TPSA) is 72.1 Å². The highest BCUT2D eigenvalue weighted by molar-refractivity contribution is 7.20. The van der Waals surface area contributed by atoms with E-state index in [-0.39, 0.29) is 18.2 Å². The minimum atomic E-state index is -0.466. The second kappa shape index (κ2) is 6.16. The Morgan fingerprint density at radius 1 is 1.38 bits per heavy atom. The molecule has 0 aliphatic heterocycles. The summed E-state index contributed by atoms with van der Waals surface area (Å²) in [5.74, 6) is -0.570. The number of hydrogen-bond donors (Lipinski definition) is 1. The third-order valence-electron chi connectivity index (χ3n) is 3.71. The Hall–Kier alpha value is -2.54. The fourth-order valence-corrected chi connectivity index (χ4v) is 3.51. The van der Waals surface area contributed by atoms with Gasteiger partial charge in [0.25, 0.3) is 5.56 Å². The zero-order valence-electron chi connectivity index (χ0n) is 13.4. The van der Waals surface area contributed by atoms with E-state index in [2.05, 4.69) is 9.97 Å². The molecule has 0 saturated heterocycles. The molecule has 0 aliphatic carbocycles. The average molecular weight is 346 g/mol. The number of hydrogen-bond acceptors (Lipinski definition) is 5. The van der Waals surface area contributed by atoms with E-state index in [1.165, 1.54) is 6.07 Å². The van der Waals surface area contributed by atoms with Crippen LogP contribution in [0, 0.1) is 19.7 Å². The normalized spacial score (nSPS) is 11.0. The molecule has 3 rings (SSSR count). The monoisotopic (exact) mass is 346 g/mol. The van der Waals surface area contributed by atoms with Crippen LogP contribution in [0.4, 0.5) is 4.39 Å². The Balaban J connectivity index is 2.18. The SMILES string of the molecule is CCOC(=O)c1sc2[nH]c(-c3ccc(C)c(F)c3)nc(=O)c2c1C. The largest absolute Gasteiger partial charge is 0.462 e. The summed E-state index contributed by atoms with van der Waals surface area (Å²) in [5, 5.41) is 0.361. The van der Waals surface area contributed by atoms with E-state index in [0.717, 1.165) is 11.3 Å². The minimum absolute atomic E-state index is 0.257. The maximum Gasteiger partial charge on any atom is 0.348 e. The number of rotatable bonds is 3. The molecule has 0 radical (unpaired) electrons. The van der Waals surface area contributed by atoms with Gasteiger partial charge in [-0.15, -0.1) is 11.3 Å². The van der Waals surface area contributed by atoms with Gasteiger partial charge in [-0.1, -0.05) is 12.1 Å². The lowest BCUT2D eigenvalue weighted by atomic mass is 10.1. The van der Waals surface area contributed by atoms with Crippen LogP contribution in [0.3, 0.4) is 0 Å². The van der Waals surface area contributed by atoms with Crippen LogP contribution in [0.25, 0.3) is 21.6 Å². The Bertz CT molecular complexity index is 1010. The van der Waals surface area contributed by atoms with Gasteiger partial charge in [-0.3, -0.25) is 4.79 Å². The van der Waals surface area contributed by atoms with E-state index >= 15 is 0 Å². The van der Waals surface area contributed by atoms with Crippen LogP contribution in [0.2, 0.25) is 0 Å². The number of carbonyl (C=O) groups excluding carboxylic acids is 1. The van der Waals surface area contributed by atoms with Gasteiger partial charge in [0, 0.05) is 5.56 Å². The molecule has 2 heterocycles. The third kappa shape index (κ3) is 2.71. The first-order valence-electron chi connectivity index (χ1n) is 7.39. The second-order valence-corrected chi connectivity index (χ2v) is 6.36. The first-order chi connectivity index (χ1) is 11.4. The highest BCUT2D eigenvalue weighted by Gasteiger charge is 2.20. The van der Waals surface area contributed by atoms with E-state index in [4.69, 9.17) is 4.74 Å². The van der Waals surface area contributed by atoms with Crippen molar-refractivity contribution >= 4 is 27.5 Å². The average Bonchev–Trinajstić information content (AvgIpc) is 2.87. The molecule has 7 heteroatoms. The fourth-order valence-electron chi connectivity index (χ4n) is 2.42. The fraction of sp³-hybridized carbons (Fsp3) is 0.235. The van der Waals surface area contributed by atoms with Crippen LogP contribution < -0.4 is 5.56 Å². The summed E-state index contributed by atoms with van der Waals surface area (Å²) < 4.78 is 18.8. The predicted molar refractivity (Wildman–Crippen MR) is 91.1 cm³/mol. The van der Waals surface area contributed by atoms with Crippen molar-refractivity contribution in [2.45, 2.75) is 20.8 Å². The molecule has 0 aliphatic rings. The van der Waals surface area contributed by atoms with Crippen LogP contribution in [-0.2, 0) is 4.74 Å². The van der Waals surface area contributed by atoms with Gasteiger partial charge in [0.1, 0.15) is 21.3 Å². The third-order valence-corrected chi connectivity index (χ3v) is 4.90. The number of esters is 1. The molecule has 124 valence electrons. The molecule has 0 unspecified atom stereocenters. The smallest absolute Gasteiger partial charge is 0.348 e. The summed E-state index contributed by atoms with van der Waals surface area (Å²) in [6.07, 6.45) is 0. The van der Waals surface area contributed by atoms with Crippen LogP contribution in [-0.4, -0.2) is 22.5 Å². The van der Waals surface area contributed by atoms with Crippen molar-refractivity contribution in [2.24, 2.45) is 0 Å². The lowest BCUT2D eigenvalue weighted by molar-refractivity contribution is 0.0531. The van der Waals surface area contributed by atoms with Crippen molar-refractivity contribution in [3.05, 3.63) is 50.4 Å². The molecular formula is C17H15FN2O3S. The molecule has 1 aromatic carbocycles. The Morgan fingerprint density at radius 2 is 2.12 bits per heavy atom. The number of benzene rings is 1. The molecule has 0 saturated carbocycles. The number of ether oxygens (including phenoxy) is 1. The van der Waals surface area contributed by atoms with Gasteiger partial charge >= 0.3 is 5.97 Å². The van der Waals surface area contributed by atoms with Crippen LogP contribution in [0.15, 0.2) is 23.0 Å². The van der Waals surface area contributed by atoms with E-state index in [1.54, 1.807) is 32.9 Å². The van der Waals surface area contributed by atoms with Gasteiger partial charge in [-0.2, -0.15) is 4.98 Å². The standard InChI is InChI=1S/C17H15FN2O3S/c1-4-23-17(22)13-9(3)12-15(21)19-14(20-16(12)24-13)10-6-5-8(2)11(18)7-10/h5-7H,4H2,1-3H3,(H,19,20,21). The minimum Gasteiger partial charge on any atom is -0.462 e. The number of halogens is 1. The Kier molecular flexibility index (Phi) is 4.19. The van der Waals surface area contributed by atoms with Crippen molar-refractivity contribution in [2.75, 3.05) is 6.61 Å². The molecule has 1 N–H and O–H groups in total. The lowest BCUT2D eigenvalue weighted by Gasteiger charge is -2.03. The molecule has 0 fully saturated rings. The van der Waals surface area contributed by atoms with Crippen molar-refractivity contribution in [1.29, 1.82) is 0 Å². The number of carbonyl (C=O) groups is 1. The lowest BCUT2D eigenvalue weighted by Crippen LogP contribution is -2.10. The summed E-state index contributed by atoms with van der Waals surface area (Å²) in [5.41, 5.74) is 1.08. The van der Waals surface area contributed by atoms with E-state index in [9.17, 15) is 14.0 Å². The highest BCUT2D eigenvalue weighted by Crippen LogP contribution is 2.29. The van der Waals surface area contributed by atoms with Crippen molar-refractivity contribution in [3.8, 4) is 11.4 Å². The number of aromatic amines is 1. The van der Waals surface area contributed by atoms with Gasteiger partial charge in [-0.05, 0) is 38.0 Å². The van der Waals surface area contributed by atoms with Crippen molar-refractivity contribution in [3.63, 3.8) is 0 Å². The van der Waals surface area contributed by atoms with Gasteiger partial charge in [0.05, 0.1) is 12.0 Å². The van der Waals surface area contributed by atoms with Crippen LogP contribution in [0.1, 0.15) is 27.7 Å². The van der Waals surface area contributed by atoms with Gasteiger partial charge in [0.2, 0.25) is 0 Å². The molecule has 0 amide bonds. The summed E-state index contributed by atoms with van der Waals surface area (Å²) in [7, 11) is 0.